The number of para-hydroxylation sites is 1. The van der Waals surface area contributed by atoms with Gasteiger partial charge in [0, 0.05) is 12.1 Å². The molecule has 6 rings (SSSR count). The number of fused-ring (bicyclic) bond motifs is 2. The number of H-pyrrole nitrogens is 2. The number of aromatic amines is 2. The van der Waals surface area contributed by atoms with E-state index in [1.54, 1.807) is 0 Å². The summed E-state index contributed by atoms with van der Waals surface area (Å²) >= 11 is 0. The van der Waals surface area contributed by atoms with Crippen molar-refractivity contribution in [2.75, 3.05) is 19.9 Å². The third-order valence-corrected chi connectivity index (χ3v) is 5.43. The van der Waals surface area contributed by atoms with E-state index in [2.05, 4.69) is 38.7 Å². The molecule has 4 heterocycles. The predicted octanol–water partition coefficient (Wildman–Crippen LogP) is 3.73. The highest BCUT2D eigenvalue weighted by Crippen LogP contribution is 2.38. The third kappa shape index (κ3) is 2.78. The van der Waals surface area contributed by atoms with Gasteiger partial charge in [-0.05, 0) is 48.4 Å². The number of hydrogen-bond acceptors (Lipinski definition) is 5. The van der Waals surface area contributed by atoms with Crippen LogP contribution >= 0.6 is 0 Å². The van der Waals surface area contributed by atoms with Crippen molar-refractivity contribution in [3.05, 3.63) is 54.2 Å². The minimum atomic E-state index is 0.267. The molecule has 7 heteroatoms. The van der Waals surface area contributed by atoms with Crippen molar-refractivity contribution >= 4 is 16.6 Å². The minimum Gasteiger partial charge on any atom is -0.454 e. The van der Waals surface area contributed by atoms with Gasteiger partial charge in [-0.15, -0.1) is 0 Å². The van der Waals surface area contributed by atoms with E-state index in [-0.39, 0.29) is 6.79 Å². The van der Waals surface area contributed by atoms with Gasteiger partial charge in [-0.1, -0.05) is 24.3 Å². The van der Waals surface area contributed by atoms with Gasteiger partial charge in [0.15, 0.2) is 17.3 Å². The molecule has 0 saturated heterocycles. The van der Waals surface area contributed by atoms with E-state index in [1.165, 1.54) is 5.57 Å². The molecule has 0 unspecified atom stereocenters. The summed E-state index contributed by atoms with van der Waals surface area (Å²) < 4.78 is 11.0. The van der Waals surface area contributed by atoms with Crippen LogP contribution < -0.4 is 14.8 Å². The molecule has 2 aliphatic heterocycles. The molecule has 3 N–H and O–H groups in total. The molecule has 144 valence electrons. The first-order valence-electron chi connectivity index (χ1n) is 9.70. The highest BCUT2D eigenvalue weighted by Gasteiger charge is 2.17. The lowest BCUT2D eigenvalue weighted by atomic mass is 10.0. The Hall–Kier alpha value is -3.58. The summed E-state index contributed by atoms with van der Waals surface area (Å²) in [5.41, 5.74) is 7.12. The van der Waals surface area contributed by atoms with Crippen LogP contribution in [-0.2, 0) is 0 Å². The summed E-state index contributed by atoms with van der Waals surface area (Å²) in [7, 11) is 0. The molecule has 0 radical (unpaired) electrons. The molecule has 0 saturated carbocycles. The quantitative estimate of drug-likeness (QED) is 0.500. The molecule has 0 bridgehead atoms. The number of aromatic nitrogens is 4. The van der Waals surface area contributed by atoms with Gasteiger partial charge >= 0.3 is 0 Å². The lowest BCUT2D eigenvalue weighted by molar-refractivity contribution is 0.174. The first kappa shape index (κ1) is 16.4. The monoisotopic (exact) mass is 385 g/mol. The van der Waals surface area contributed by atoms with Gasteiger partial charge in [0.1, 0.15) is 5.69 Å². The number of nitrogens with one attached hydrogen (secondary N) is 3. The Morgan fingerprint density at radius 1 is 1.00 bits per heavy atom. The number of hydrogen-bond donors (Lipinski definition) is 3. The normalized spacial score (nSPS) is 15.7. The Bertz CT molecular complexity index is 1250. The van der Waals surface area contributed by atoms with Crippen molar-refractivity contribution in [3.8, 4) is 34.1 Å². The fourth-order valence-corrected chi connectivity index (χ4v) is 3.93. The van der Waals surface area contributed by atoms with Crippen LogP contribution in [0.2, 0.25) is 0 Å². The molecular weight excluding hydrogens is 366 g/mol. The first-order valence-corrected chi connectivity index (χ1v) is 9.70. The zero-order valence-corrected chi connectivity index (χ0v) is 15.7. The van der Waals surface area contributed by atoms with Crippen molar-refractivity contribution in [2.45, 2.75) is 6.42 Å². The first-order chi connectivity index (χ1) is 14.3. The molecule has 0 atom stereocenters. The number of nitrogens with zero attached hydrogens (tertiary/aromatic N) is 2. The van der Waals surface area contributed by atoms with E-state index in [1.807, 2.05) is 30.3 Å². The van der Waals surface area contributed by atoms with Gasteiger partial charge in [-0.3, -0.25) is 5.10 Å². The topological polar surface area (TPSA) is 87.8 Å². The summed E-state index contributed by atoms with van der Waals surface area (Å²) in [5.74, 6) is 2.30. The van der Waals surface area contributed by atoms with Crippen LogP contribution in [0, 0.1) is 0 Å². The van der Waals surface area contributed by atoms with E-state index in [0.717, 1.165) is 70.4 Å². The number of ether oxygens (including phenoxy) is 2. The molecule has 2 aromatic heterocycles. The van der Waals surface area contributed by atoms with E-state index in [0.29, 0.717) is 0 Å². The molecule has 7 nitrogen and oxygen atoms in total. The van der Waals surface area contributed by atoms with Gasteiger partial charge in [0.25, 0.3) is 0 Å². The second-order valence-electron chi connectivity index (χ2n) is 7.21. The zero-order chi connectivity index (χ0) is 19.2. The molecule has 0 fully saturated rings. The lowest BCUT2D eigenvalue weighted by Gasteiger charge is -2.11. The van der Waals surface area contributed by atoms with Crippen LogP contribution in [0.3, 0.4) is 0 Å². The average molecular weight is 385 g/mol. The fourth-order valence-electron chi connectivity index (χ4n) is 3.93. The van der Waals surface area contributed by atoms with Crippen molar-refractivity contribution in [3.63, 3.8) is 0 Å². The minimum absolute atomic E-state index is 0.267. The lowest BCUT2D eigenvalue weighted by Crippen LogP contribution is -2.20. The molecule has 4 aromatic rings. The SMILES string of the molecule is C1=C(c2cc(-c3nc4c(-c5ccc6c(c5)OCO6)cccc4[nH]3)n[nH]2)CCNC1. The molecule has 2 aliphatic rings. The average Bonchev–Trinajstić information content (AvgIpc) is 3.52. The molecular formula is C22H19N5O2. The van der Waals surface area contributed by atoms with Gasteiger partial charge in [0.2, 0.25) is 6.79 Å². The van der Waals surface area contributed by atoms with Crippen molar-refractivity contribution in [1.82, 2.24) is 25.5 Å². The van der Waals surface area contributed by atoms with E-state index >= 15 is 0 Å². The second kappa shape index (κ2) is 6.49. The third-order valence-electron chi connectivity index (χ3n) is 5.43. The van der Waals surface area contributed by atoms with E-state index in [4.69, 9.17) is 14.5 Å². The molecule has 2 aromatic carbocycles. The highest BCUT2D eigenvalue weighted by atomic mass is 16.7. The summed E-state index contributed by atoms with van der Waals surface area (Å²) in [6.07, 6.45) is 3.20. The van der Waals surface area contributed by atoms with Gasteiger partial charge < -0.3 is 19.8 Å². The van der Waals surface area contributed by atoms with Gasteiger partial charge in [0.05, 0.1) is 16.7 Å². The summed E-state index contributed by atoms with van der Waals surface area (Å²) in [5, 5.41) is 11.0. The van der Waals surface area contributed by atoms with Gasteiger partial charge in [-0.25, -0.2) is 4.98 Å². The Morgan fingerprint density at radius 3 is 2.90 bits per heavy atom. The van der Waals surface area contributed by atoms with Crippen LogP contribution in [0.15, 0.2) is 48.5 Å². The van der Waals surface area contributed by atoms with E-state index in [9.17, 15) is 0 Å². The Morgan fingerprint density at radius 2 is 1.97 bits per heavy atom. The van der Waals surface area contributed by atoms with Crippen LogP contribution in [0.25, 0.3) is 39.3 Å². The molecule has 0 aliphatic carbocycles. The van der Waals surface area contributed by atoms with Gasteiger partial charge in [-0.2, -0.15) is 5.10 Å². The molecule has 29 heavy (non-hydrogen) atoms. The van der Waals surface area contributed by atoms with E-state index < -0.39 is 0 Å². The van der Waals surface area contributed by atoms with Crippen LogP contribution in [0.1, 0.15) is 12.1 Å². The summed E-state index contributed by atoms with van der Waals surface area (Å²) in [6.45, 7) is 2.15. The Balaban J connectivity index is 1.41. The largest absolute Gasteiger partial charge is 0.454 e. The Kier molecular flexibility index (Phi) is 3.67. The molecule has 0 spiro atoms. The standard InChI is InChI=1S/C22H19N5O2/c1-2-15(14-4-5-19-20(10-14)29-12-28-19)21-16(3-1)24-22(25-21)18-11-17(26-27-18)13-6-8-23-9-7-13/h1-6,10-11,23H,7-9,12H2,(H,24,25)(H,26,27). The zero-order valence-electron chi connectivity index (χ0n) is 15.7. The fraction of sp³-hybridized carbons (Fsp3) is 0.182. The van der Waals surface area contributed by atoms with Crippen molar-refractivity contribution in [1.29, 1.82) is 0 Å². The maximum absolute atomic E-state index is 5.53. The number of imidazole rings is 1. The molecule has 0 amide bonds. The van der Waals surface area contributed by atoms with Crippen molar-refractivity contribution < 1.29 is 9.47 Å². The predicted molar refractivity (Wildman–Crippen MR) is 111 cm³/mol. The van der Waals surface area contributed by atoms with Crippen LogP contribution in [0.4, 0.5) is 0 Å². The van der Waals surface area contributed by atoms with Crippen LogP contribution in [0.5, 0.6) is 11.5 Å². The summed E-state index contributed by atoms with van der Waals surface area (Å²) in [4.78, 5) is 8.28. The van der Waals surface area contributed by atoms with Crippen molar-refractivity contribution in [2.24, 2.45) is 0 Å². The number of rotatable bonds is 3. The Labute approximate surface area is 166 Å². The maximum Gasteiger partial charge on any atom is 0.231 e. The number of benzene rings is 2. The highest BCUT2D eigenvalue weighted by molar-refractivity contribution is 5.94. The second-order valence-corrected chi connectivity index (χ2v) is 7.21. The summed E-state index contributed by atoms with van der Waals surface area (Å²) in [6, 6.07) is 14.2. The maximum atomic E-state index is 5.53. The van der Waals surface area contributed by atoms with Crippen LogP contribution in [-0.4, -0.2) is 40.0 Å². The smallest absolute Gasteiger partial charge is 0.231 e.